The number of amides is 1. The number of para-hydroxylation sites is 1. The van der Waals surface area contributed by atoms with Crippen LogP contribution in [0.1, 0.15) is 45.4 Å². The van der Waals surface area contributed by atoms with E-state index in [0.717, 1.165) is 18.6 Å². The predicted octanol–water partition coefficient (Wildman–Crippen LogP) is 5.56. The van der Waals surface area contributed by atoms with Gasteiger partial charge in [-0.2, -0.15) is 4.98 Å². The summed E-state index contributed by atoms with van der Waals surface area (Å²) in [5, 5.41) is 9.22. The maximum atomic E-state index is 12.9. The maximum Gasteiger partial charge on any atom is 0.308 e. The zero-order valence-corrected chi connectivity index (χ0v) is 21.4. The molecule has 0 radical (unpaired) electrons. The Kier molecular flexibility index (Phi) is 7.47. The minimum Gasteiger partial charge on any atom is -0.447 e. The number of thioether (sulfide) groups is 1. The summed E-state index contributed by atoms with van der Waals surface area (Å²) in [5.41, 5.74) is 2.35. The summed E-state index contributed by atoms with van der Waals surface area (Å²) in [5.74, 6) is 0.805. The fraction of sp³-hybridized carbons (Fsp3) is 0.292. The highest BCUT2D eigenvalue weighted by atomic mass is 79.9. The van der Waals surface area contributed by atoms with Crippen LogP contribution in [0.4, 0.5) is 5.69 Å². The Balaban J connectivity index is 1.87. The third kappa shape index (κ3) is 5.07. The smallest absolute Gasteiger partial charge is 0.308 e. The number of benzene rings is 2. The lowest BCUT2D eigenvalue weighted by Gasteiger charge is -2.30. The van der Waals surface area contributed by atoms with Gasteiger partial charge in [-0.3, -0.25) is 14.5 Å². The first kappa shape index (κ1) is 24.2. The topological polar surface area (TPSA) is 94.5 Å². The van der Waals surface area contributed by atoms with Crippen LogP contribution in [0, 0.1) is 0 Å². The molecule has 1 aliphatic heterocycles. The fourth-order valence-corrected chi connectivity index (χ4v) is 4.87. The molecule has 8 nitrogen and oxygen atoms in total. The lowest BCUT2D eigenvalue weighted by molar-refractivity contribution is -0.132. The van der Waals surface area contributed by atoms with Crippen LogP contribution in [0.15, 0.2) is 52.1 Å². The maximum absolute atomic E-state index is 12.9. The number of nitrogens with zero attached hydrogens (tertiary/aromatic N) is 4. The zero-order chi connectivity index (χ0) is 24.2. The molecule has 0 unspecified atom stereocenters. The van der Waals surface area contributed by atoms with E-state index in [0.29, 0.717) is 37.9 Å². The van der Waals surface area contributed by atoms with Gasteiger partial charge in [0.15, 0.2) is 5.69 Å². The molecule has 2 aromatic carbocycles. The molecule has 0 saturated carbocycles. The number of carbonyl (C=O) groups is 2. The van der Waals surface area contributed by atoms with E-state index in [1.807, 2.05) is 24.3 Å². The first-order chi connectivity index (χ1) is 16.4. The van der Waals surface area contributed by atoms with E-state index in [1.165, 1.54) is 25.6 Å². The standard InChI is InChI=1S/C24H23BrN4O4S/c1-4-5-12-34-24-26-22-21(27-28-24)17-8-6-7-9-20(17)29(14(2)30)23(33-22)18-13-16(32-15(3)31)10-11-19(18)25/h6-11,13,23H,4-5,12H2,1-3H3/t23-/m0/s1. The fourth-order valence-electron chi connectivity index (χ4n) is 3.56. The monoisotopic (exact) mass is 542 g/mol. The molecule has 3 aromatic rings. The summed E-state index contributed by atoms with van der Waals surface area (Å²) in [7, 11) is 0. The van der Waals surface area contributed by atoms with Crippen molar-refractivity contribution in [3.05, 3.63) is 52.5 Å². The van der Waals surface area contributed by atoms with Crippen molar-refractivity contribution >= 4 is 45.3 Å². The molecule has 34 heavy (non-hydrogen) atoms. The Morgan fingerprint density at radius 1 is 1.18 bits per heavy atom. The number of halogens is 1. The Hall–Kier alpha value is -2.98. The van der Waals surface area contributed by atoms with E-state index in [1.54, 1.807) is 23.1 Å². The lowest BCUT2D eigenvalue weighted by atomic mass is 10.1. The largest absolute Gasteiger partial charge is 0.447 e. The summed E-state index contributed by atoms with van der Waals surface area (Å²) in [6.07, 6.45) is 1.21. The number of hydrogen-bond acceptors (Lipinski definition) is 8. The second kappa shape index (κ2) is 10.5. The van der Waals surface area contributed by atoms with Gasteiger partial charge >= 0.3 is 5.97 Å². The number of carbonyl (C=O) groups excluding carboxylic acids is 2. The van der Waals surface area contributed by atoms with Gasteiger partial charge in [0.1, 0.15) is 5.75 Å². The number of rotatable bonds is 6. The van der Waals surface area contributed by atoms with Crippen molar-refractivity contribution in [2.45, 2.75) is 45.0 Å². The summed E-state index contributed by atoms with van der Waals surface area (Å²) < 4.78 is 12.4. The third-order valence-electron chi connectivity index (χ3n) is 5.08. The SMILES string of the molecule is CCCCSc1nnc2c(n1)O[C@@H](c1cc(OC(C)=O)ccc1Br)N(C(C)=O)c1ccccc1-2. The molecule has 2 heterocycles. The molecule has 0 aliphatic carbocycles. The van der Waals surface area contributed by atoms with Crippen LogP contribution >= 0.6 is 27.7 Å². The molecule has 0 spiro atoms. The molecule has 1 atom stereocenters. The van der Waals surface area contributed by atoms with E-state index in [-0.39, 0.29) is 11.8 Å². The van der Waals surface area contributed by atoms with Gasteiger partial charge < -0.3 is 9.47 Å². The average molecular weight is 543 g/mol. The van der Waals surface area contributed by atoms with Crippen LogP contribution < -0.4 is 14.4 Å². The van der Waals surface area contributed by atoms with E-state index in [9.17, 15) is 9.59 Å². The van der Waals surface area contributed by atoms with Crippen LogP contribution in [-0.4, -0.2) is 32.8 Å². The Labute approximate surface area is 210 Å². The number of aromatic nitrogens is 3. The second-order valence-electron chi connectivity index (χ2n) is 7.60. The molecule has 1 aromatic heterocycles. The average Bonchev–Trinajstić information content (AvgIpc) is 2.94. The van der Waals surface area contributed by atoms with Crippen LogP contribution in [0.25, 0.3) is 11.3 Å². The molecule has 1 amide bonds. The predicted molar refractivity (Wildman–Crippen MR) is 133 cm³/mol. The molecule has 10 heteroatoms. The molecule has 1 aliphatic rings. The molecule has 4 rings (SSSR count). The van der Waals surface area contributed by atoms with Crippen molar-refractivity contribution in [1.82, 2.24) is 15.2 Å². The first-order valence-corrected chi connectivity index (χ1v) is 12.6. The van der Waals surface area contributed by atoms with Gasteiger partial charge in [-0.25, -0.2) is 0 Å². The van der Waals surface area contributed by atoms with Crippen molar-refractivity contribution in [3.63, 3.8) is 0 Å². The number of anilines is 1. The number of hydrogen-bond donors (Lipinski definition) is 0. The Morgan fingerprint density at radius 3 is 2.71 bits per heavy atom. The zero-order valence-electron chi connectivity index (χ0n) is 18.9. The van der Waals surface area contributed by atoms with Gasteiger partial charge in [0.05, 0.1) is 5.69 Å². The molecular formula is C24H23BrN4O4S. The highest BCUT2D eigenvalue weighted by Crippen LogP contribution is 2.45. The normalized spacial score (nSPS) is 14.5. The Bertz CT molecular complexity index is 1240. The summed E-state index contributed by atoms with van der Waals surface area (Å²) in [4.78, 5) is 30.7. The lowest BCUT2D eigenvalue weighted by Crippen LogP contribution is -2.36. The number of fused-ring (bicyclic) bond motifs is 3. The van der Waals surface area contributed by atoms with Gasteiger partial charge in [0.2, 0.25) is 23.2 Å². The summed E-state index contributed by atoms with van der Waals surface area (Å²) in [6, 6.07) is 12.5. The van der Waals surface area contributed by atoms with Crippen molar-refractivity contribution in [2.75, 3.05) is 10.7 Å². The second-order valence-corrected chi connectivity index (χ2v) is 9.52. The molecular weight excluding hydrogens is 520 g/mol. The number of esters is 1. The minimum atomic E-state index is -0.894. The van der Waals surface area contributed by atoms with Crippen LogP contribution in [-0.2, 0) is 9.59 Å². The number of unbranched alkanes of at least 4 members (excludes halogenated alkanes) is 1. The quantitative estimate of drug-likeness (QED) is 0.173. The molecule has 0 N–H and O–H groups in total. The van der Waals surface area contributed by atoms with Crippen molar-refractivity contribution in [1.29, 1.82) is 0 Å². The van der Waals surface area contributed by atoms with Crippen LogP contribution in [0.2, 0.25) is 0 Å². The van der Waals surface area contributed by atoms with Gasteiger partial charge in [0.25, 0.3) is 0 Å². The van der Waals surface area contributed by atoms with E-state index < -0.39 is 12.2 Å². The van der Waals surface area contributed by atoms with Gasteiger partial charge in [-0.1, -0.05) is 59.2 Å². The molecule has 0 fully saturated rings. The number of ether oxygens (including phenoxy) is 2. The van der Waals surface area contributed by atoms with Crippen molar-refractivity contribution in [3.8, 4) is 22.9 Å². The molecule has 0 saturated heterocycles. The molecule has 0 bridgehead atoms. The van der Waals surface area contributed by atoms with E-state index in [4.69, 9.17) is 9.47 Å². The minimum absolute atomic E-state index is 0.236. The van der Waals surface area contributed by atoms with E-state index in [2.05, 4.69) is 38.0 Å². The third-order valence-corrected chi connectivity index (χ3v) is 6.72. The van der Waals surface area contributed by atoms with Crippen LogP contribution in [0.3, 0.4) is 0 Å². The summed E-state index contributed by atoms with van der Waals surface area (Å²) >= 11 is 5.07. The van der Waals surface area contributed by atoms with E-state index >= 15 is 0 Å². The van der Waals surface area contributed by atoms with Gasteiger partial charge in [-0.15, -0.1) is 10.2 Å². The highest BCUT2D eigenvalue weighted by Gasteiger charge is 2.35. The first-order valence-electron chi connectivity index (χ1n) is 10.8. The van der Waals surface area contributed by atoms with Crippen molar-refractivity contribution < 1.29 is 19.1 Å². The van der Waals surface area contributed by atoms with Crippen molar-refractivity contribution in [2.24, 2.45) is 0 Å². The van der Waals surface area contributed by atoms with Gasteiger partial charge in [0, 0.05) is 35.2 Å². The van der Waals surface area contributed by atoms with Crippen LogP contribution in [0.5, 0.6) is 11.6 Å². The highest BCUT2D eigenvalue weighted by molar-refractivity contribution is 9.10. The summed E-state index contributed by atoms with van der Waals surface area (Å²) in [6.45, 7) is 4.93. The Morgan fingerprint density at radius 2 is 1.97 bits per heavy atom. The molecule has 176 valence electrons. The van der Waals surface area contributed by atoms with Gasteiger partial charge in [-0.05, 0) is 30.7 Å².